The molecule has 5 atom stereocenters. The summed E-state index contributed by atoms with van der Waals surface area (Å²) in [5.74, 6) is 0.569. The van der Waals surface area contributed by atoms with E-state index in [2.05, 4.69) is 27.2 Å². The van der Waals surface area contributed by atoms with Gasteiger partial charge in [-0.1, -0.05) is 18.5 Å². The molecule has 1 fully saturated rings. The average Bonchev–Trinajstić information content (AvgIpc) is 3.41. The number of nitrogens with one attached hydrogen (secondary N) is 1. The molecule has 0 aliphatic carbocycles. The Hall–Kier alpha value is -1.82. The number of aromatic nitrogens is 4. The van der Waals surface area contributed by atoms with Gasteiger partial charge in [0.2, 0.25) is 0 Å². The third-order valence-electron chi connectivity index (χ3n) is 5.11. The highest BCUT2D eigenvalue weighted by Gasteiger charge is 2.44. The molecule has 0 spiro atoms. The summed E-state index contributed by atoms with van der Waals surface area (Å²) in [6.07, 6.45) is 0.344. The summed E-state index contributed by atoms with van der Waals surface area (Å²) in [7, 11) is 0. The number of thiophene rings is 1. The van der Waals surface area contributed by atoms with Crippen molar-refractivity contribution < 1.29 is 20.1 Å². The van der Waals surface area contributed by atoms with E-state index >= 15 is 0 Å². The second kappa shape index (κ2) is 8.50. The molecule has 0 unspecified atom stereocenters. The molecule has 3 aromatic rings. The van der Waals surface area contributed by atoms with Crippen LogP contribution in [0.1, 0.15) is 24.4 Å². The number of aliphatic hydroxyl groups excluding tert-OH is 3. The van der Waals surface area contributed by atoms with Crippen molar-refractivity contribution in [1.82, 2.24) is 19.5 Å². The van der Waals surface area contributed by atoms with Crippen molar-refractivity contribution in [2.75, 3.05) is 11.9 Å². The van der Waals surface area contributed by atoms with Crippen molar-refractivity contribution in [3.05, 3.63) is 34.0 Å². The van der Waals surface area contributed by atoms with Gasteiger partial charge in [0.15, 0.2) is 23.2 Å². The lowest BCUT2D eigenvalue weighted by Gasteiger charge is -2.18. The van der Waals surface area contributed by atoms with Gasteiger partial charge in [-0.05, 0) is 17.9 Å². The average molecular weight is 440 g/mol. The van der Waals surface area contributed by atoms with Gasteiger partial charge in [0.25, 0.3) is 0 Å². The molecule has 0 aromatic carbocycles. The van der Waals surface area contributed by atoms with Gasteiger partial charge in [-0.2, -0.15) is 0 Å². The number of hydrogen-bond acceptors (Lipinski definition) is 9. The fraction of sp³-hybridized carbons (Fsp3) is 0.500. The standard InChI is InChI=1S/C18H22ClN5O4S/c1-2-9(5-12-10(19)3-4-29-12)23-16-13-17(21-7-20-16)24(8-22-13)18-15(27)14(26)11(6-25)28-18/h3-4,7-9,11,14-15,18,25-27H,2,5-6H2,1H3,(H,20,21,23)/t9-,11+,14+,15+,18+/m0/s1. The number of halogens is 1. The second-order valence-corrected chi connectivity index (χ2v) is 8.33. The minimum Gasteiger partial charge on any atom is -0.394 e. The number of anilines is 1. The fourth-order valence-corrected chi connectivity index (χ4v) is 4.63. The topological polar surface area (TPSA) is 126 Å². The summed E-state index contributed by atoms with van der Waals surface area (Å²) in [6.45, 7) is 1.68. The molecule has 9 nitrogen and oxygen atoms in total. The zero-order valence-electron chi connectivity index (χ0n) is 15.6. The Morgan fingerprint density at radius 3 is 2.79 bits per heavy atom. The number of rotatable bonds is 7. The largest absolute Gasteiger partial charge is 0.394 e. The summed E-state index contributed by atoms with van der Waals surface area (Å²) in [6, 6.07) is 1.99. The van der Waals surface area contributed by atoms with Crippen LogP contribution in [0, 0.1) is 0 Å². The Morgan fingerprint density at radius 1 is 1.31 bits per heavy atom. The van der Waals surface area contributed by atoms with E-state index in [4.69, 9.17) is 16.3 Å². The van der Waals surface area contributed by atoms with Gasteiger partial charge in [-0.15, -0.1) is 11.3 Å². The lowest BCUT2D eigenvalue weighted by Crippen LogP contribution is -2.33. The highest BCUT2D eigenvalue weighted by atomic mass is 35.5. The predicted molar refractivity (Wildman–Crippen MR) is 109 cm³/mol. The number of nitrogens with zero attached hydrogens (tertiary/aromatic N) is 4. The number of hydrogen-bond donors (Lipinski definition) is 4. The molecule has 3 aromatic heterocycles. The molecule has 4 N–H and O–H groups in total. The number of fused-ring (bicyclic) bond motifs is 1. The Bertz CT molecular complexity index is 982. The molecule has 0 bridgehead atoms. The van der Waals surface area contributed by atoms with Crippen molar-refractivity contribution in [3.63, 3.8) is 0 Å². The van der Waals surface area contributed by atoms with Crippen LogP contribution in [-0.4, -0.2) is 65.8 Å². The van der Waals surface area contributed by atoms with Crippen LogP contribution in [0.5, 0.6) is 0 Å². The summed E-state index contributed by atoms with van der Waals surface area (Å²) in [5, 5.41) is 35.8. The van der Waals surface area contributed by atoms with Gasteiger partial charge in [-0.3, -0.25) is 4.57 Å². The van der Waals surface area contributed by atoms with E-state index in [0.29, 0.717) is 17.0 Å². The molecule has 11 heteroatoms. The van der Waals surface area contributed by atoms with Crippen molar-refractivity contribution >= 4 is 39.9 Å². The minimum absolute atomic E-state index is 0.100. The zero-order valence-corrected chi connectivity index (χ0v) is 17.2. The molecule has 0 saturated carbocycles. The Labute approximate surface area is 176 Å². The maximum atomic E-state index is 10.3. The van der Waals surface area contributed by atoms with Crippen LogP contribution in [0.2, 0.25) is 5.02 Å². The summed E-state index contributed by atoms with van der Waals surface area (Å²) >= 11 is 7.85. The van der Waals surface area contributed by atoms with Crippen LogP contribution in [0.15, 0.2) is 24.1 Å². The van der Waals surface area contributed by atoms with Crippen LogP contribution in [-0.2, 0) is 11.2 Å². The smallest absolute Gasteiger partial charge is 0.167 e. The van der Waals surface area contributed by atoms with Crippen molar-refractivity contribution in [1.29, 1.82) is 0 Å². The molecule has 0 radical (unpaired) electrons. The lowest BCUT2D eigenvalue weighted by molar-refractivity contribution is -0.0511. The number of aliphatic hydroxyl groups is 3. The van der Waals surface area contributed by atoms with Crippen LogP contribution in [0.25, 0.3) is 11.2 Å². The van der Waals surface area contributed by atoms with E-state index in [-0.39, 0.29) is 6.04 Å². The van der Waals surface area contributed by atoms with Gasteiger partial charge in [0, 0.05) is 17.3 Å². The van der Waals surface area contributed by atoms with Crippen LogP contribution >= 0.6 is 22.9 Å². The molecule has 1 aliphatic heterocycles. The van der Waals surface area contributed by atoms with Crippen LogP contribution < -0.4 is 5.32 Å². The van der Waals surface area contributed by atoms with E-state index in [1.807, 2.05) is 11.4 Å². The molecule has 156 valence electrons. The first-order valence-corrected chi connectivity index (χ1v) is 10.6. The van der Waals surface area contributed by atoms with E-state index < -0.39 is 31.1 Å². The van der Waals surface area contributed by atoms with Crippen LogP contribution in [0.3, 0.4) is 0 Å². The summed E-state index contributed by atoms with van der Waals surface area (Å²) in [4.78, 5) is 14.1. The van der Waals surface area contributed by atoms with E-state index in [0.717, 1.165) is 22.7 Å². The molecular weight excluding hydrogens is 418 g/mol. The summed E-state index contributed by atoms with van der Waals surface area (Å²) < 4.78 is 7.14. The third kappa shape index (κ3) is 3.83. The van der Waals surface area contributed by atoms with Gasteiger partial charge in [0.1, 0.15) is 24.6 Å². The lowest BCUT2D eigenvalue weighted by atomic mass is 10.1. The molecule has 1 saturated heterocycles. The van der Waals surface area contributed by atoms with Crippen molar-refractivity contribution in [2.45, 2.75) is 50.3 Å². The van der Waals surface area contributed by atoms with E-state index in [9.17, 15) is 15.3 Å². The quantitative estimate of drug-likeness (QED) is 0.437. The molecule has 29 heavy (non-hydrogen) atoms. The Morgan fingerprint density at radius 2 is 2.14 bits per heavy atom. The zero-order chi connectivity index (χ0) is 20.5. The number of ether oxygens (including phenoxy) is 1. The highest BCUT2D eigenvalue weighted by molar-refractivity contribution is 7.10. The molecule has 4 heterocycles. The maximum Gasteiger partial charge on any atom is 0.167 e. The van der Waals surface area contributed by atoms with Crippen molar-refractivity contribution in [3.8, 4) is 0 Å². The van der Waals surface area contributed by atoms with Gasteiger partial charge in [0.05, 0.1) is 18.0 Å². The monoisotopic (exact) mass is 439 g/mol. The molecule has 0 amide bonds. The van der Waals surface area contributed by atoms with Crippen molar-refractivity contribution in [2.24, 2.45) is 0 Å². The normalized spacial score (nSPS) is 25.6. The first kappa shape index (κ1) is 20.5. The number of imidazole rings is 1. The minimum atomic E-state index is -1.21. The fourth-order valence-electron chi connectivity index (χ4n) is 3.44. The maximum absolute atomic E-state index is 10.3. The third-order valence-corrected chi connectivity index (χ3v) is 6.52. The molecular formula is C18H22ClN5O4S. The Balaban J connectivity index is 1.60. The second-order valence-electron chi connectivity index (χ2n) is 6.92. The van der Waals surface area contributed by atoms with Crippen LogP contribution in [0.4, 0.5) is 5.82 Å². The summed E-state index contributed by atoms with van der Waals surface area (Å²) in [5.41, 5.74) is 0.988. The van der Waals surface area contributed by atoms with E-state index in [1.165, 1.54) is 12.7 Å². The van der Waals surface area contributed by atoms with Gasteiger partial charge >= 0.3 is 0 Å². The molecule has 1 aliphatic rings. The Kier molecular flexibility index (Phi) is 6.00. The van der Waals surface area contributed by atoms with Gasteiger partial charge in [-0.25, -0.2) is 15.0 Å². The highest BCUT2D eigenvalue weighted by Crippen LogP contribution is 2.32. The first-order valence-electron chi connectivity index (χ1n) is 9.31. The SMILES string of the molecule is CC[C@@H](Cc1sccc1Cl)Nc1ncnc2c1ncn2[C@@H]1O[C@H](CO)[C@@H](O)[C@H]1O. The van der Waals surface area contributed by atoms with Gasteiger partial charge < -0.3 is 25.4 Å². The predicted octanol–water partition coefficient (Wildman–Crippen LogP) is 1.59. The molecule has 4 rings (SSSR count). The van der Waals surface area contributed by atoms with E-state index in [1.54, 1.807) is 15.9 Å². The first-order chi connectivity index (χ1) is 14.0.